The fourth-order valence-electron chi connectivity index (χ4n) is 3.48. The number of anilines is 1. The van der Waals surface area contributed by atoms with Crippen molar-refractivity contribution in [2.45, 2.75) is 0 Å². The molecule has 0 atom stereocenters. The highest BCUT2D eigenvalue weighted by Gasteiger charge is 2.18. The van der Waals surface area contributed by atoms with Crippen LogP contribution in [0.1, 0.15) is 10.5 Å². The molecule has 5 rings (SSSR count). The molecule has 11 nitrogen and oxygen atoms in total. The van der Waals surface area contributed by atoms with Crippen LogP contribution >= 0.6 is 11.6 Å². The van der Waals surface area contributed by atoms with E-state index in [1.165, 1.54) is 6.20 Å². The highest BCUT2D eigenvalue weighted by atomic mass is 35.5. The lowest BCUT2D eigenvalue weighted by Gasteiger charge is -2.26. The minimum atomic E-state index is -0.426. The first kappa shape index (κ1) is 21.3. The van der Waals surface area contributed by atoms with Crippen LogP contribution in [0.15, 0.2) is 43.2 Å². The van der Waals surface area contributed by atoms with Crippen LogP contribution in [0.2, 0.25) is 5.02 Å². The maximum absolute atomic E-state index is 13.0. The zero-order valence-corrected chi connectivity index (χ0v) is 18.3. The number of hydrogen-bond donors (Lipinski definition) is 2. The van der Waals surface area contributed by atoms with Crippen molar-refractivity contribution in [2.24, 2.45) is 0 Å². The van der Waals surface area contributed by atoms with Crippen molar-refractivity contribution < 1.29 is 14.3 Å². The number of hydrogen-bond acceptors (Lipinski definition) is 8. The summed E-state index contributed by atoms with van der Waals surface area (Å²) in [5, 5.41) is 3.10. The molecule has 0 unspecified atom stereocenters. The number of morpholine rings is 1. The van der Waals surface area contributed by atoms with Crippen LogP contribution in [0, 0.1) is 0 Å². The number of aromatic amines is 1. The number of nitrogens with one attached hydrogen (secondary N) is 2. The van der Waals surface area contributed by atoms with E-state index in [4.69, 9.17) is 21.1 Å². The van der Waals surface area contributed by atoms with E-state index in [0.717, 1.165) is 32.8 Å². The van der Waals surface area contributed by atoms with Gasteiger partial charge in [-0.05, 0) is 12.1 Å². The third-order valence-electron chi connectivity index (χ3n) is 5.16. The molecule has 12 heteroatoms. The first-order valence-corrected chi connectivity index (χ1v) is 10.8. The Morgan fingerprint density at radius 1 is 1.30 bits per heavy atom. The quantitative estimate of drug-likeness (QED) is 0.423. The molecule has 4 aromatic rings. The number of aromatic nitrogens is 6. The molecule has 1 aliphatic rings. The lowest BCUT2D eigenvalue weighted by Crippen LogP contribution is -2.38. The van der Waals surface area contributed by atoms with Gasteiger partial charge in [0, 0.05) is 38.2 Å². The topological polar surface area (TPSA) is 123 Å². The third kappa shape index (κ3) is 4.80. The van der Waals surface area contributed by atoms with Crippen molar-refractivity contribution in [3.63, 3.8) is 0 Å². The molecule has 1 fully saturated rings. The number of pyridine rings is 1. The highest BCUT2D eigenvalue weighted by Crippen LogP contribution is 2.25. The van der Waals surface area contributed by atoms with Gasteiger partial charge in [0.25, 0.3) is 5.91 Å². The van der Waals surface area contributed by atoms with Crippen molar-refractivity contribution in [1.29, 1.82) is 0 Å². The molecule has 0 radical (unpaired) electrons. The Morgan fingerprint density at radius 2 is 2.18 bits per heavy atom. The summed E-state index contributed by atoms with van der Waals surface area (Å²) in [6, 6.07) is 3.37. The normalized spacial score (nSPS) is 14.5. The average Bonchev–Trinajstić information content (AvgIpc) is 3.53. The lowest BCUT2D eigenvalue weighted by atomic mass is 10.3. The molecule has 0 aliphatic carbocycles. The maximum atomic E-state index is 13.0. The Kier molecular flexibility index (Phi) is 6.15. The van der Waals surface area contributed by atoms with Crippen LogP contribution in [0.4, 0.5) is 5.69 Å². The fraction of sp³-hybridized carbons (Fsp3) is 0.286. The zero-order chi connectivity index (χ0) is 22.6. The second-order valence-electron chi connectivity index (χ2n) is 7.35. The van der Waals surface area contributed by atoms with Gasteiger partial charge in [-0.2, -0.15) is 0 Å². The SMILES string of the molecule is O=C(Nc1cnc(OCCN2CCOCC2)c(Cl)c1)c1nc(-n2ccnc2)nc2cc[nH]c12. The molecule has 0 bridgehead atoms. The number of fused-ring (bicyclic) bond motifs is 1. The molecule has 0 saturated carbocycles. The van der Waals surface area contributed by atoms with E-state index in [9.17, 15) is 4.79 Å². The van der Waals surface area contributed by atoms with Gasteiger partial charge in [-0.1, -0.05) is 11.6 Å². The molecular weight excluding hydrogens is 448 g/mol. The van der Waals surface area contributed by atoms with Gasteiger partial charge in [0.15, 0.2) is 5.69 Å². The van der Waals surface area contributed by atoms with Gasteiger partial charge in [0.05, 0.1) is 36.1 Å². The summed E-state index contributed by atoms with van der Waals surface area (Å²) in [4.78, 5) is 35.4. The summed E-state index contributed by atoms with van der Waals surface area (Å²) < 4.78 is 12.7. The van der Waals surface area contributed by atoms with Crippen LogP contribution in [0.3, 0.4) is 0 Å². The maximum Gasteiger partial charge on any atom is 0.276 e. The van der Waals surface area contributed by atoms with E-state index in [1.807, 2.05) is 0 Å². The van der Waals surface area contributed by atoms with Crippen molar-refractivity contribution >= 4 is 34.2 Å². The third-order valence-corrected chi connectivity index (χ3v) is 5.43. The Labute approximate surface area is 193 Å². The fourth-order valence-corrected chi connectivity index (χ4v) is 3.70. The van der Waals surface area contributed by atoms with Gasteiger partial charge in [0.2, 0.25) is 11.8 Å². The van der Waals surface area contributed by atoms with E-state index in [1.54, 1.807) is 41.6 Å². The standard InChI is InChI=1S/C21H21ClN8O3/c22-15-11-14(12-25-20(15)33-10-7-29-5-8-32-9-6-29)26-19(31)18-17-16(1-2-24-17)27-21(28-18)30-4-3-23-13-30/h1-4,11-13,24H,5-10H2,(H,26,31). The van der Waals surface area contributed by atoms with E-state index in [-0.39, 0.29) is 5.69 Å². The van der Waals surface area contributed by atoms with Gasteiger partial charge in [-0.3, -0.25) is 14.3 Å². The van der Waals surface area contributed by atoms with Crippen LogP contribution in [-0.4, -0.2) is 79.7 Å². The van der Waals surface area contributed by atoms with Gasteiger partial charge < -0.3 is 19.8 Å². The molecule has 4 aromatic heterocycles. The minimum absolute atomic E-state index is 0.190. The van der Waals surface area contributed by atoms with Crippen LogP contribution < -0.4 is 10.1 Å². The van der Waals surface area contributed by atoms with Crippen molar-refractivity contribution in [3.05, 3.63) is 54.0 Å². The van der Waals surface area contributed by atoms with Gasteiger partial charge >= 0.3 is 0 Å². The van der Waals surface area contributed by atoms with Gasteiger partial charge in [-0.15, -0.1) is 0 Å². The van der Waals surface area contributed by atoms with Crippen molar-refractivity contribution in [2.75, 3.05) is 44.8 Å². The van der Waals surface area contributed by atoms with Crippen LogP contribution in [0.25, 0.3) is 17.0 Å². The van der Waals surface area contributed by atoms with Crippen LogP contribution in [-0.2, 0) is 4.74 Å². The van der Waals surface area contributed by atoms with Crippen molar-refractivity contribution in [3.8, 4) is 11.8 Å². The van der Waals surface area contributed by atoms with E-state index < -0.39 is 5.91 Å². The van der Waals surface area contributed by atoms with E-state index in [2.05, 4.69) is 35.1 Å². The monoisotopic (exact) mass is 468 g/mol. The van der Waals surface area contributed by atoms with Crippen LogP contribution in [0.5, 0.6) is 5.88 Å². The second-order valence-corrected chi connectivity index (χ2v) is 7.75. The summed E-state index contributed by atoms with van der Waals surface area (Å²) in [5.41, 5.74) is 1.75. The largest absolute Gasteiger partial charge is 0.475 e. The van der Waals surface area contributed by atoms with E-state index >= 15 is 0 Å². The molecule has 1 aliphatic heterocycles. The molecule has 1 amide bonds. The molecule has 33 heavy (non-hydrogen) atoms. The Bertz CT molecular complexity index is 1250. The van der Waals surface area contributed by atoms with Gasteiger partial charge in [-0.25, -0.2) is 19.9 Å². The Hall–Kier alpha value is -3.54. The number of amides is 1. The average molecular weight is 469 g/mol. The number of halogens is 1. The summed E-state index contributed by atoms with van der Waals surface area (Å²) in [7, 11) is 0. The predicted molar refractivity (Wildman–Crippen MR) is 121 cm³/mol. The minimum Gasteiger partial charge on any atom is -0.475 e. The molecule has 170 valence electrons. The molecule has 1 saturated heterocycles. The number of carbonyl (C=O) groups is 1. The molecule has 0 aromatic carbocycles. The smallest absolute Gasteiger partial charge is 0.276 e. The van der Waals surface area contributed by atoms with E-state index in [0.29, 0.717) is 40.2 Å². The Balaban J connectivity index is 1.28. The summed E-state index contributed by atoms with van der Waals surface area (Å²) in [6.07, 6.45) is 8.09. The lowest BCUT2D eigenvalue weighted by molar-refractivity contribution is 0.0320. The van der Waals surface area contributed by atoms with Gasteiger partial charge in [0.1, 0.15) is 18.0 Å². The first-order valence-electron chi connectivity index (χ1n) is 10.4. The molecule has 0 spiro atoms. The number of H-pyrrole nitrogens is 1. The molecular formula is C21H21ClN8O3. The first-order chi connectivity index (χ1) is 16.2. The number of rotatable bonds is 7. The van der Waals surface area contributed by atoms with Crippen molar-refractivity contribution in [1.82, 2.24) is 34.4 Å². The predicted octanol–water partition coefficient (Wildman–Crippen LogP) is 2.16. The number of carbonyl (C=O) groups excluding carboxylic acids is 1. The molecule has 2 N–H and O–H groups in total. The number of imidazole rings is 1. The molecule has 5 heterocycles. The number of ether oxygens (including phenoxy) is 2. The highest BCUT2D eigenvalue weighted by molar-refractivity contribution is 6.32. The zero-order valence-electron chi connectivity index (χ0n) is 17.6. The Morgan fingerprint density at radius 3 is 2.97 bits per heavy atom. The summed E-state index contributed by atoms with van der Waals surface area (Å²) >= 11 is 6.34. The number of nitrogens with zero attached hydrogens (tertiary/aromatic N) is 6. The summed E-state index contributed by atoms with van der Waals surface area (Å²) in [6.45, 7) is 4.46. The summed E-state index contributed by atoms with van der Waals surface area (Å²) in [5.74, 6) is 0.231. The second kappa shape index (κ2) is 9.53.